The van der Waals surface area contributed by atoms with E-state index in [1.165, 1.54) is 0 Å². The maximum Gasteiger partial charge on any atom is 0.239 e. The van der Waals surface area contributed by atoms with Crippen molar-refractivity contribution in [3.8, 4) is 0 Å². The van der Waals surface area contributed by atoms with E-state index in [4.69, 9.17) is 0 Å². The van der Waals surface area contributed by atoms with Crippen molar-refractivity contribution in [2.75, 3.05) is 26.2 Å². The van der Waals surface area contributed by atoms with Crippen molar-refractivity contribution in [2.45, 2.75) is 51.5 Å². The summed E-state index contributed by atoms with van der Waals surface area (Å²) in [5, 5.41) is 6.26. The molecular formula is C15H28ClN3O2. The van der Waals surface area contributed by atoms with Gasteiger partial charge >= 0.3 is 0 Å². The summed E-state index contributed by atoms with van der Waals surface area (Å²) in [5.74, 6) is 0.801. The highest BCUT2D eigenvalue weighted by atomic mass is 35.5. The van der Waals surface area contributed by atoms with Crippen LogP contribution in [0.1, 0.15) is 45.4 Å². The molecule has 2 unspecified atom stereocenters. The Morgan fingerprint density at radius 1 is 1.29 bits per heavy atom. The minimum atomic E-state index is 0. The van der Waals surface area contributed by atoms with E-state index in [-0.39, 0.29) is 30.3 Å². The lowest BCUT2D eigenvalue weighted by Crippen LogP contribution is -2.49. The van der Waals surface area contributed by atoms with Gasteiger partial charge in [-0.1, -0.05) is 6.92 Å². The summed E-state index contributed by atoms with van der Waals surface area (Å²) >= 11 is 0. The molecule has 0 radical (unpaired) electrons. The van der Waals surface area contributed by atoms with Gasteiger partial charge in [-0.2, -0.15) is 0 Å². The van der Waals surface area contributed by atoms with Crippen molar-refractivity contribution >= 4 is 24.2 Å². The van der Waals surface area contributed by atoms with E-state index in [0.29, 0.717) is 18.9 Å². The average Bonchev–Trinajstić information content (AvgIpc) is 2.99. The lowest BCUT2D eigenvalue weighted by molar-refractivity contribution is -0.134. The molecule has 5 nitrogen and oxygen atoms in total. The number of carbonyl (C=O) groups excluding carboxylic acids is 2. The lowest BCUT2D eigenvalue weighted by Gasteiger charge is -2.34. The highest BCUT2D eigenvalue weighted by molar-refractivity contribution is 5.85. The number of rotatable bonds is 5. The summed E-state index contributed by atoms with van der Waals surface area (Å²) in [6, 6.07) is 0.0310. The molecule has 2 aliphatic heterocycles. The van der Waals surface area contributed by atoms with E-state index in [1.54, 1.807) is 0 Å². The maximum absolute atomic E-state index is 12.4. The van der Waals surface area contributed by atoms with Gasteiger partial charge in [0.15, 0.2) is 0 Å². The minimum Gasteiger partial charge on any atom is -0.356 e. The second-order valence-corrected chi connectivity index (χ2v) is 6.00. The third-order valence-electron chi connectivity index (χ3n) is 4.25. The molecule has 2 saturated heterocycles. The van der Waals surface area contributed by atoms with Gasteiger partial charge < -0.3 is 15.5 Å². The van der Waals surface area contributed by atoms with Gasteiger partial charge in [0.2, 0.25) is 11.8 Å². The molecule has 2 amide bonds. The summed E-state index contributed by atoms with van der Waals surface area (Å²) in [7, 11) is 0. The van der Waals surface area contributed by atoms with Gasteiger partial charge in [-0.3, -0.25) is 9.59 Å². The van der Waals surface area contributed by atoms with E-state index in [9.17, 15) is 9.59 Å². The van der Waals surface area contributed by atoms with Crippen LogP contribution in [-0.2, 0) is 9.59 Å². The standard InChI is InChI=1S/C15H27N3O2.ClH/c1-2-5-14(19)17-10-12-6-4-9-18(11-12)15(20)13-7-3-8-16-13;/h12-13,16H,2-11H2,1H3,(H,17,19);1H. The van der Waals surface area contributed by atoms with Crippen LogP contribution in [0.5, 0.6) is 0 Å². The Labute approximate surface area is 133 Å². The Balaban J connectivity index is 0.00000220. The predicted octanol–water partition coefficient (Wildman–Crippen LogP) is 1.32. The van der Waals surface area contributed by atoms with Crippen LogP contribution in [0.25, 0.3) is 0 Å². The third-order valence-corrected chi connectivity index (χ3v) is 4.25. The largest absolute Gasteiger partial charge is 0.356 e. The zero-order valence-electron chi connectivity index (χ0n) is 12.9. The average molecular weight is 318 g/mol. The van der Waals surface area contributed by atoms with E-state index in [0.717, 1.165) is 51.7 Å². The number of likely N-dealkylation sites (tertiary alicyclic amines) is 1. The zero-order chi connectivity index (χ0) is 14.4. The van der Waals surface area contributed by atoms with Gasteiger partial charge in [-0.05, 0) is 44.6 Å². The van der Waals surface area contributed by atoms with Crippen molar-refractivity contribution in [3.63, 3.8) is 0 Å². The fraction of sp³-hybridized carbons (Fsp3) is 0.867. The van der Waals surface area contributed by atoms with E-state index >= 15 is 0 Å². The smallest absolute Gasteiger partial charge is 0.239 e. The molecule has 0 saturated carbocycles. The molecule has 2 N–H and O–H groups in total. The first kappa shape index (κ1) is 18.2. The number of nitrogens with zero attached hydrogens (tertiary/aromatic N) is 1. The molecule has 2 atom stereocenters. The van der Waals surface area contributed by atoms with Crippen LogP contribution in [0.2, 0.25) is 0 Å². The molecule has 0 aromatic carbocycles. The molecule has 0 aromatic rings. The molecule has 2 rings (SSSR count). The molecule has 2 heterocycles. The molecule has 122 valence electrons. The zero-order valence-corrected chi connectivity index (χ0v) is 13.7. The molecule has 6 heteroatoms. The van der Waals surface area contributed by atoms with E-state index < -0.39 is 0 Å². The molecule has 21 heavy (non-hydrogen) atoms. The van der Waals surface area contributed by atoms with Gasteiger partial charge in [-0.25, -0.2) is 0 Å². The molecule has 0 spiro atoms. The van der Waals surface area contributed by atoms with Crippen LogP contribution in [-0.4, -0.2) is 48.9 Å². The monoisotopic (exact) mass is 317 g/mol. The molecular weight excluding hydrogens is 290 g/mol. The summed E-state index contributed by atoms with van der Waals surface area (Å²) in [6.07, 6.45) is 5.70. The van der Waals surface area contributed by atoms with Crippen LogP contribution in [0.15, 0.2) is 0 Å². The number of carbonyl (C=O) groups is 2. The second-order valence-electron chi connectivity index (χ2n) is 6.00. The van der Waals surface area contributed by atoms with E-state index in [1.807, 2.05) is 11.8 Å². The highest BCUT2D eigenvalue weighted by Crippen LogP contribution is 2.18. The Hall–Kier alpha value is -0.810. The topological polar surface area (TPSA) is 61.4 Å². The van der Waals surface area contributed by atoms with Crippen molar-refractivity contribution in [1.82, 2.24) is 15.5 Å². The van der Waals surface area contributed by atoms with Gasteiger partial charge in [0.1, 0.15) is 0 Å². The minimum absolute atomic E-state index is 0. The Morgan fingerprint density at radius 3 is 2.76 bits per heavy atom. The third kappa shape index (κ3) is 5.47. The number of halogens is 1. The maximum atomic E-state index is 12.4. The van der Waals surface area contributed by atoms with Crippen molar-refractivity contribution in [2.24, 2.45) is 5.92 Å². The van der Waals surface area contributed by atoms with E-state index in [2.05, 4.69) is 10.6 Å². The summed E-state index contributed by atoms with van der Waals surface area (Å²) in [4.78, 5) is 25.9. The highest BCUT2D eigenvalue weighted by Gasteiger charge is 2.30. The number of piperidine rings is 1. The Kier molecular flexibility index (Phi) is 8.04. The quantitative estimate of drug-likeness (QED) is 0.804. The first-order chi connectivity index (χ1) is 9.70. The van der Waals surface area contributed by atoms with Crippen molar-refractivity contribution in [3.05, 3.63) is 0 Å². The molecule has 2 aliphatic rings. The fourth-order valence-corrected chi connectivity index (χ4v) is 3.12. The Morgan fingerprint density at radius 2 is 2.10 bits per heavy atom. The summed E-state index contributed by atoms with van der Waals surface area (Å²) < 4.78 is 0. The van der Waals surface area contributed by atoms with Gasteiger partial charge in [0.25, 0.3) is 0 Å². The van der Waals surface area contributed by atoms with Crippen molar-refractivity contribution < 1.29 is 9.59 Å². The molecule has 0 bridgehead atoms. The molecule has 2 fully saturated rings. The van der Waals surface area contributed by atoms with Crippen LogP contribution >= 0.6 is 12.4 Å². The van der Waals surface area contributed by atoms with Gasteiger partial charge in [0.05, 0.1) is 6.04 Å². The first-order valence-corrected chi connectivity index (χ1v) is 7.99. The van der Waals surface area contributed by atoms with Gasteiger partial charge in [-0.15, -0.1) is 12.4 Å². The first-order valence-electron chi connectivity index (χ1n) is 7.99. The van der Waals surface area contributed by atoms with Crippen LogP contribution in [0.4, 0.5) is 0 Å². The van der Waals surface area contributed by atoms with Crippen molar-refractivity contribution in [1.29, 1.82) is 0 Å². The Bertz CT molecular complexity index is 346. The van der Waals surface area contributed by atoms with Crippen LogP contribution < -0.4 is 10.6 Å². The number of nitrogens with one attached hydrogen (secondary N) is 2. The number of hydrogen-bond donors (Lipinski definition) is 2. The normalized spacial score (nSPS) is 25.3. The summed E-state index contributed by atoms with van der Waals surface area (Å²) in [5.41, 5.74) is 0. The predicted molar refractivity (Wildman–Crippen MR) is 85.5 cm³/mol. The van der Waals surface area contributed by atoms with Crippen LogP contribution in [0, 0.1) is 5.92 Å². The lowest BCUT2D eigenvalue weighted by atomic mass is 9.97. The van der Waals surface area contributed by atoms with Crippen LogP contribution in [0.3, 0.4) is 0 Å². The van der Waals surface area contributed by atoms with Gasteiger partial charge in [0, 0.05) is 26.1 Å². The molecule has 0 aliphatic carbocycles. The SMILES string of the molecule is CCCC(=O)NCC1CCCN(C(=O)C2CCCN2)C1.Cl. The number of hydrogen-bond acceptors (Lipinski definition) is 3. The summed E-state index contributed by atoms with van der Waals surface area (Å²) in [6.45, 7) is 5.34. The second kappa shape index (κ2) is 9.26. The fourth-order valence-electron chi connectivity index (χ4n) is 3.12. The molecule has 0 aromatic heterocycles. The number of amides is 2.